The van der Waals surface area contributed by atoms with Crippen LogP contribution in [0.15, 0.2) is 35.4 Å². The first-order valence-electron chi connectivity index (χ1n) is 7.72. The van der Waals surface area contributed by atoms with Crippen LogP contribution in [0.25, 0.3) is 0 Å². The summed E-state index contributed by atoms with van der Waals surface area (Å²) in [5.41, 5.74) is 0.844. The molecule has 1 aromatic heterocycles. The molecule has 0 atom stereocenters. The number of halogens is 1. The number of aromatic amines is 1. The van der Waals surface area contributed by atoms with Gasteiger partial charge >= 0.3 is 0 Å². The van der Waals surface area contributed by atoms with Gasteiger partial charge in [-0.25, -0.2) is 12.8 Å². The van der Waals surface area contributed by atoms with Crippen molar-refractivity contribution in [1.82, 2.24) is 9.29 Å². The van der Waals surface area contributed by atoms with Crippen LogP contribution in [0.5, 0.6) is 0 Å². The minimum atomic E-state index is -3.63. The van der Waals surface area contributed by atoms with E-state index in [1.807, 2.05) is 0 Å². The van der Waals surface area contributed by atoms with Crippen molar-refractivity contribution in [3.63, 3.8) is 0 Å². The number of hydrogen-bond acceptors (Lipinski definition) is 4. The molecule has 0 bridgehead atoms. The van der Waals surface area contributed by atoms with Gasteiger partial charge in [0.05, 0.1) is 5.69 Å². The number of sulfonamides is 1. The summed E-state index contributed by atoms with van der Waals surface area (Å²) in [7, 11) is -3.63. The van der Waals surface area contributed by atoms with Gasteiger partial charge in [-0.1, -0.05) is 6.07 Å². The SMILES string of the molecule is Cc1ccc(NC(=O)c2cc(S(=O)(=O)N3CCSCC3)c[nH]2)c(F)c1. The second-order valence-corrected chi connectivity index (χ2v) is 8.87. The van der Waals surface area contributed by atoms with Gasteiger partial charge in [-0.05, 0) is 30.7 Å². The Morgan fingerprint density at radius 3 is 2.68 bits per heavy atom. The number of hydrogen-bond donors (Lipinski definition) is 2. The molecule has 1 amide bonds. The molecule has 1 fully saturated rings. The Labute approximate surface area is 149 Å². The van der Waals surface area contributed by atoms with Gasteiger partial charge in [-0.3, -0.25) is 4.79 Å². The molecule has 0 aliphatic carbocycles. The normalized spacial score (nSPS) is 15.9. The molecule has 1 aromatic carbocycles. The van der Waals surface area contributed by atoms with Crippen LogP contribution in [-0.4, -0.2) is 48.2 Å². The number of rotatable bonds is 4. The molecule has 1 saturated heterocycles. The van der Waals surface area contributed by atoms with Crippen LogP contribution >= 0.6 is 11.8 Å². The molecule has 1 aliphatic heterocycles. The van der Waals surface area contributed by atoms with E-state index in [2.05, 4.69) is 10.3 Å². The van der Waals surface area contributed by atoms with Crippen molar-refractivity contribution in [2.75, 3.05) is 29.9 Å². The predicted molar refractivity (Wildman–Crippen MR) is 96.0 cm³/mol. The monoisotopic (exact) mass is 383 g/mol. The van der Waals surface area contributed by atoms with E-state index in [1.165, 1.54) is 28.7 Å². The lowest BCUT2D eigenvalue weighted by molar-refractivity contribution is 0.102. The second kappa shape index (κ2) is 7.19. The zero-order valence-electron chi connectivity index (χ0n) is 13.6. The highest BCUT2D eigenvalue weighted by Crippen LogP contribution is 2.22. The van der Waals surface area contributed by atoms with Gasteiger partial charge in [0.2, 0.25) is 10.0 Å². The number of H-pyrrole nitrogens is 1. The van der Waals surface area contributed by atoms with Crippen LogP contribution in [0.3, 0.4) is 0 Å². The minimum absolute atomic E-state index is 0.0360. The number of benzene rings is 1. The largest absolute Gasteiger partial charge is 0.356 e. The number of nitrogens with one attached hydrogen (secondary N) is 2. The third-order valence-corrected chi connectivity index (χ3v) is 6.70. The topological polar surface area (TPSA) is 82.3 Å². The molecule has 9 heteroatoms. The Balaban J connectivity index is 1.77. The van der Waals surface area contributed by atoms with E-state index in [9.17, 15) is 17.6 Å². The van der Waals surface area contributed by atoms with Crippen LogP contribution in [0, 0.1) is 12.7 Å². The Morgan fingerprint density at radius 1 is 1.28 bits per heavy atom. The van der Waals surface area contributed by atoms with Crippen LogP contribution in [-0.2, 0) is 10.0 Å². The summed E-state index contributed by atoms with van der Waals surface area (Å²) in [5.74, 6) is 0.366. The molecule has 0 radical (unpaired) electrons. The molecule has 25 heavy (non-hydrogen) atoms. The maximum absolute atomic E-state index is 13.8. The molecule has 2 heterocycles. The van der Waals surface area contributed by atoms with E-state index in [4.69, 9.17) is 0 Å². The number of nitrogens with zero attached hydrogens (tertiary/aromatic N) is 1. The molecule has 0 unspecified atom stereocenters. The highest BCUT2D eigenvalue weighted by atomic mass is 32.2. The summed E-state index contributed by atoms with van der Waals surface area (Å²) in [6, 6.07) is 5.74. The van der Waals surface area contributed by atoms with E-state index in [1.54, 1.807) is 24.8 Å². The van der Waals surface area contributed by atoms with Gasteiger partial charge in [0.1, 0.15) is 16.4 Å². The van der Waals surface area contributed by atoms with E-state index < -0.39 is 21.7 Å². The first kappa shape index (κ1) is 18.0. The highest BCUT2D eigenvalue weighted by molar-refractivity contribution is 7.99. The average molecular weight is 383 g/mol. The van der Waals surface area contributed by atoms with Gasteiger partial charge < -0.3 is 10.3 Å². The van der Waals surface area contributed by atoms with Gasteiger partial charge in [-0.2, -0.15) is 16.1 Å². The summed E-state index contributed by atoms with van der Waals surface area (Å²) in [6.45, 7) is 2.65. The molecule has 0 spiro atoms. The smallest absolute Gasteiger partial charge is 0.272 e. The fourth-order valence-electron chi connectivity index (χ4n) is 2.50. The molecular weight excluding hydrogens is 365 g/mol. The quantitative estimate of drug-likeness (QED) is 0.850. The van der Waals surface area contributed by atoms with Crippen molar-refractivity contribution < 1.29 is 17.6 Å². The Morgan fingerprint density at radius 2 is 2.00 bits per heavy atom. The zero-order valence-corrected chi connectivity index (χ0v) is 15.2. The molecule has 134 valence electrons. The lowest BCUT2D eigenvalue weighted by atomic mass is 10.2. The van der Waals surface area contributed by atoms with E-state index in [0.29, 0.717) is 13.1 Å². The Kier molecular flexibility index (Phi) is 5.16. The van der Waals surface area contributed by atoms with Gasteiger partial charge in [0, 0.05) is 30.8 Å². The number of anilines is 1. The van der Waals surface area contributed by atoms with Crippen molar-refractivity contribution in [2.24, 2.45) is 0 Å². The molecule has 0 saturated carbocycles. The first-order chi connectivity index (χ1) is 11.9. The molecular formula is C16H18FN3O3S2. The summed E-state index contributed by atoms with van der Waals surface area (Å²) < 4.78 is 40.4. The number of aromatic nitrogens is 1. The van der Waals surface area contributed by atoms with Crippen molar-refractivity contribution in [3.05, 3.63) is 47.5 Å². The number of carbonyl (C=O) groups excluding carboxylic acids is 1. The summed E-state index contributed by atoms with van der Waals surface area (Å²) in [6.07, 6.45) is 1.29. The van der Waals surface area contributed by atoms with Gasteiger partial charge in [-0.15, -0.1) is 0 Å². The number of thioether (sulfide) groups is 1. The summed E-state index contributed by atoms with van der Waals surface area (Å²) in [4.78, 5) is 14.9. The number of amides is 1. The second-order valence-electron chi connectivity index (χ2n) is 5.70. The predicted octanol–water partition coefficient (Wildman–Crippen LogP) is 2.45. The third kappa shape index (κ3) is 3.88. The van der Waals surface area contributed by atoms with E-state index in [-0.39, 0.29) is 16.3 Å². The van der Waals surface area contributed by atoms with Crippen molar-refractivity contribution in [3.8, 4) is 0 Å². The fourth-order valence-corrected chi connectivity index (χ4v) is 5.07. The number of carbonyl (C=O) groups is 1. The zero-order chi connectivity index (χ0) is 18.0. The summed E-state index contributed by atoms with van der Waals surface area (Å²) >= 11 is 1.71. The lowest BCUT2D eigenvalue weighted by Gasteiger charge is -2.24. The van der Waals surface area contributed by atoms with Crippen LogP contribution in [0.4, 0.5) is 10.1 Å². The van der Waals surface area contributed by atoms with Crippen molar-refractivity contribution in [2.45, 2.75) is 11.8 Å². The van der Waals surface area contributed by atoms with E-state index in [0.717, 1.165) is 17.1 Å². The average Bonchev–Trinajstić information content (AvgIpc) is 3.09. The lowest BCUT2D eigenvalue weighted by Crippen LogP contribution is -2.37. The maximum atomic E-state index is 13.8. The van der Waals surface area contributed by atoms with Crippen molar-refractivity contribution >= 4 is 33.4 Å². The molecule has 3 rings (SSSR count). The Bertz CT molecular complexity index is 890. The molecule has 1 aliphatic rings. The number of aryl methyl sites for hydroxylation is 1. The maximum Gasteiger partial charge on any atom is 0.272 e. The molecule has 2 aromatic rings. The van der Waals surface area contributed by atoms with Gasteiger partial charge in [0.15, 0.2) is 0 Å². The molecule has 6 nitrogen and oxygen atoms in total. The van der Waals surface area contributed by atoms with Gasteiger partial charge in [0.25, 0.3) is 5.91 Å². The standard InChI is InChI=1S/C16H18FN3O3S2/c1-11-2-3-14(13(17)8-11)19-16(21)15-9-12(10-18-15)25(22,23)20-4-6-24-7-5-20/h2-3,8-10,18H,4-7H2,1H3,(H,19,21). The minimum Gasteiger partial charge on any atom is -0.356 e. The van der Waals surface area contributed by atoms with E-state index >= 15 is 0 Å². The van der Waals surface area contributed by atoms with Crippen molar-refractivity contribution in [1.29, 1.82) is 0 Å². The fraction of sp³-hybridized carbons (Fsp3) is 0.312. The Hall–Kier alpha value is -1.84. The highest BCUT2D eigenvalue weighted by Gasteiger charge is 2.27. The van der Waals surface area contributed by atoms with Crippen LogP contribution in [0.1, 0.15) is 16.1 Å². The summed E-state index contributed by atoms with van der Waals surface area (Å²) in [5, 5.41) is 2.44. The molecule has 2 N–H and O–H groups in total. The van der Waals surface area contributed by atoms with Crippen LogP contribution < -0.4 is 5.32 Å². The third-order valence-electron chi connectivity index (χ3n) is 3.88. The first-order valence-corrected chi connectivity index (χ1v) is 10.3. The van der Waals surface area contributed by atoms with Crippen LogP contribution in [0.2, 0.25) is 0 Å².